The average molecular weight is 826 g/mol. The molecule has 0 aliphatic rings. The zero-order valence-corrected chi connectivity index (χ0v) is 37.1. The van der Waals surface area contributed by atoms with E-state index in [0.29, 0.717) is 13.0 Å². The van der Waals surface area contributed by atoms with Crippen LogP contribution in [-0.2, 0) is 32.7 Å². The Morgan fingerprint density at radius 3 is 1.42 bits per heavy atom. The van der Waals surface area contributed by atoms with E-state index in [1.54, 1.807) is 0 Å². The van der Waals surface area contributed by atoms with Crippen LogP contribution in [0.4, 0.5) is 0 Å². The van der Waals surface area contributed by atoms with Crippen molar-refractivity contribution >= 4 is 19.8 Å². The van der Waals surface area contributed by atoms with Gasteiger partial charge in [-0.2, -0.15) is 0 Å². The summed E-state index contributed by atoms with van der Waals surface area (Å²) in [5.41, 5.74) is 5.35. The third kappa shape index (κ3) is 41.9. The van der Waals surface area contributed by atoms with Crippen molar-refractivity contribution in [2.45, 2.75) is 206 Å². The molecule has 0 aliphatic carbocycles. The molecule has 0 radical (unpaired) electrons. The highest BCUT2D eigenvalue weighted by Gasteiger charge is 2.27. The predicted molar refractivity (Wildman–Crippen MR) is 235 cm³/mol. The van der Waals surface area contributed by atoms with Crippen molar-refractivity contribution in [1.82, 2.24) is 0 Å². The molecule has 0 saturated heterocycles. The van der Waals surface area contributed by atoms with Crippen LogP contribution in [0.3, 0.4) is 0 Å². The molecule has 3 atom stereocenters. The van der Waals surface area contributed by atoms with Crippen molar-refractivity contribution in [3.63, 3.8) is 0 Å². The summed E-state index contributed by atoms with van der Waals surface area (Å²) in [6, 6.07) is -1.48. The molecule has 4 N–H and O–H groups in total. The highest BCUT2D eigenvalue weighted by atomic mass is 31.2. The second-order valence-corrected chi connectivity index (χ2v) is 16.6. The molecule has 0 bridgehead atoms. The summed E-state index contributed by atoms with van der Waals surface area (Å²) < 4.78 is 33.3. The lowest BCUT2D eigenvalue weighted by Crippen LogP contribution is -2.34. The van der Waals surface area contributed by atoms with Gasteiger partial charge in [0.1, 0.15) is 12.1 Å². The molecule has 0 amide bonds. The van der Waals surface area contributed by atoms with Gasteiger partial charge in [0.15, 0.2) is 0 Å². The van der Waals surface area contributed by atoms with Gasteiger partial charge < -0.3 is 25.2 Å². The lowest BCUT2D eigenvalue weighted by Gasteiger charge is -2.20. The first-order valence-corrected chi connectivity index (χ1v) is 24.2. The number of carboxylic acids is 1. The molecule has 57 heavy (non-hydrogen) atoms. The fourth-order valence-corrected chi connectivity index (χ4v) is 6.93. The Balaban J connectivity index is 4.18. The van der Waals surface area contributed by atoms with E-state index in [9.17, 15) is 19.0 Å². The number of hydrogen-bond donors (Lipinski definition) is 3. The Morgan fingerprint density at radius 1 is 0.579 bits per heavy atom. The Bertz CT molecular complexity index is 1090. The van der Waals surface area contributed by atoms with E-state index in [2.05, 4.69) is 50.3 Å². The smallest absolute Gasteiger partial charge is 0.472 e. The Kier molecular flexibility index (Phi) is 40.5. The maximum Gasteiger partial charge on any atom is 0.472 e. The van der Waals surface area contributed by atoms with Crippen LogP contribution in [0, 0.1) is 0 Å². The van der Waals surface area contributed by atoms with Crippen LogP contribution in [0.2, 0.25) is 0 Å². The van der Waals surface area contributed by atoms with E-state index in [0.717, 1.165) is 44.9 Å². The number of carbonyl (C=O) groups is 2. The maximum atomic E-state index is 12.6. The summed E-state index contributed by atoms with van der Waals surface area (Å²) >= 11 is 0. The van der Waals surface area contributed by atoms with Crippen molar-refractivity contribution in [2.75, 3.05) is 26.4 Å². The zero-order chi connectivity index (χ0) is 41.9. The average Bonchev–Trinajstić information content (AvgIpc) is 3.19. The van der Waals surface area contributed by atoms with Crippen molar-refractivity contribution in [3.8, 4) is 0 Å². The Labute approximate surface area is 348 Å². The number of carboxylic acid groups (broad SMARTS) is 1. The van der Waals surface area contributed by atoms with E-state index in [1.807, 2.05) is 12.2 Å². The number of carbonyl (C=O) groups excluding carboxylic acids is 1. The summed E-state index contributed by atoms with van der Waals surface area (Å²) in [5.74, 6) is -1.86. The molecular weight excluding hydrogens is 741 g/mol. The number of allylic oxidation sites excluding steroid dienone is 8. The van der Waals surface area contributed by atoms with Crippen LogP contribution in [0.1, 0.15) is 194 Å². The molecule has 0 heterocycles. The summed E-state index contributed by atoms with van der Waals surface area (Å²) in [6.45, 7) is 3.69. The van der Waals surface area contributed by atoms with Crippen molar-refractivity contribution in [1.29, 1.82) is 0 Å². The molecule has 0 spiro atoms. The number of esters is 1. The number of phosphoric ester groups is 1. The van der Waals surface area contributed by atoms with Gasteiger partial charge in [0.25, 0.3) is 0 Å². The normalized spacial score (nSPS) is 14.3. The van der Waals surface area contributed by atoms with Gasteiger partial charge in [-0.3, -0.25) is 18.6 Å². The topological polar surface area (TPSA) is 155 Å². The first-order valence-electron chi connectivity index (χ1n) is 22.7. The number of unbranched alkanes of at least 4 members (excludes halogenated alkanes) is 21. The third-order valence-corrected chi connectivity index (χ3v) is 10.6. The van der Waals surface area contributed by atoms with E-state index < -0.39 is 45.1 Å². The van der Waals surface area contributed by atoms with Crippen LogP contribution < -0.4 is 5.73 Å². The van der Waals surface area contributed by atoms with E-state index >= 15 is 0 Å². The zero-order valence-electron chi connectivity index (χ0n) is 36.2. The van der Waals surface area contributed by atoms with Gasteiger partial charge in [-0.25, -0.2) is 4.57 Å². The standard InChI is InChI=1S/C46H84NO9P/c1-3-5-7-9-11-13-15-17-18-19-20-21-22-23-24-25-27-29-31-33-35-37-39-53-40-43(41-54-57(51,52)55-42-44(47)46(49)50)56-45(48)38-36-34-32-30-28-26-16-14-12-10-8-6-4-2/h6,8,12,14,26,28,32,34,43-44H,3-5,7,9-11,13,15-25,27,29-31,33,35-42,47H2,1-2H3,(H,49,50)(H,51,52)/b8-6-,14-12-,28-26-,34-32-. The van der Waals surface area contributed by atoms with Crippen LogP contribution in [0.15, 0.2) is 48.6 Å². The minimum Gasteiger partial charge on any atom is -0.480 e. The largest absolute Gasteiger partial charge is 0.480 e. The number of aliphatic carboxylic acids is 1. The van der Waals surface area contributed by atoms with Gasteiger partial charge in [-0.1, -0.05) is 197 Å². The first-order chi connectivity index (χ1) is 27.7. The Hall–Kier alpha value is -2.07. The number of rotatable bonds is 43. The first kappa shape index (κ1) is 54.9. The van der Waals surface area contributed by atoms with E-state index in [4.69, 9.17) is 29.4 Å². The fourth-order valence-electron chi connectivity index (χ4n) is 6.15. The maximum absolute atomic E-state index is 12.6. The van der Waals surface area contributed by atoms with Gasteiger partial charge in [-0.15, -0.1) is 0 Å². The lowest BCUT2D eigenvalue weighted by atomic mass is 10.0. The Morgan fingerprint density at radius 2 is 0.982 bits per heavy atom. The molecule has 0 aromatic heterocycles. The quantitative estimate of drug-likeness (QED) is 0.0234. The monoisotopic (exact) mass is 826 g/mol. The molecule has 0 rings (SSSR count). The number of hydrogen-bond acceptors (Lipinski definition) is 8. The lowest BCUT2D eigenvalue weighted by molar-refractivity contribution is -0.154. The molecule has 3 unspecified atom stereocenters. The summed E-state index contributed by atoms with van der Waals surface area (Å²) in [5, 5.41) is 8.89. The number of nitrogens with two attached hydrogens (primary N) is 1. The van der Waals surface area contributed by atoms with Gasteiger partial charge in [0, 0.05) is 13.0 Å². The number of ether oxygens (including phenoxy) is 2. The van der Waals surface area contributed by atoms with Crippen LogP contribution >= 0.6 is 7.82 Å². The van der Waals surface area contributed by atoms with Gasteiger partial charge in [0.2, 0.25) is 0 Å². The molecule has 11 heteroatoms. The van der Waals surface area contributed by atoms with Crippen molar-refractivity contribution < 1.29 is 42.7 Å². The number of phosphoric acid groups is 1. The SMILES string of the molecule is CC/C=C\C/C=C\C/C=C\C/C=C\CCC(=O)OC(COCCCCCCCCCCCCCCCCCCCCCCCC)COP(=O)(O)OCC(N)C(=O)O. The molecular formula is C46H84NO9P. The van der Waals surface area contributed by atoms with Crippen LogP contribution in [-0.4, -0.2) is 60.5 Å². The molecule has 0 aromatic carbocycles. The predicted octanol–water partition coefficient (Wildman–Crippen LogP) is 12.6. The molecule has 0 aliphatic heterocycles. The van der Waals surface area contributed by atoms with Gasteiger partial charge in [0.05, 0.1) is 19.8 Å². The minimum atomic E-state index is -4.63. The summed E-state index contributed by atoms with van der Waals surface area (Å²) in [6.07, 6.45) is 49.1. The van der Waals surface area contributed by atoms with E-state index in [1.165, 1.54) is 122 Å². The second-order valence-electron chi connectivity index (χ2n) is 15.2. The summed E-state index contributed by atoms with van der Waals surface area (Å²) in [7, 11) is -4.63. The second kappa shape index (κ2) is 42.1. The van der Waals surface area contributed by atoms with E-state index in [-0.39, 0.29) is 13.0 Å². The highest BCUT2D eigenvalue weighted by Crippen LogP contribution is 2.43. The molecule has 0 aromatic rings. The summed E-state index contributed by atoms with van der Waals surface area (Å²) in [4.78, 5) is 33.5. The van der Waals surface area contributed by atoms with Crippen LogP contribution in [0.25, 0.3) is 0 Å². The molecule has 0 fully saturated rings. The van der Waals surface area contributed by atoms with Gasteiger partial charge in [-0.05, 0) is 38.5 Å². The molecule has 10 nitrogen and oxygen atoms in total. The van der Waals surface area contributed by atoms with Crippen LogP contribution in [0.5, 0.6) is 0 Å². The highest BCUT2D eigenvalue weighted by molar-refractivity contribution is 7.47. The van der Waals surface area contributed by atoms with Crippen molar-refractivity contribution in [3.05, 3.63) is 48.6 Å². The molecule has 0 saturated carbocycles. The molecule has 332 valence electrons. The van der Waals surface area contributed by atoms with Crippen molar-refractivity contribution in [2.24, 2.45) is 5.73 Å². The third-order valence-electron chi connectivity index (χ3n) is 9.64. The fraction of sp³-hybridized carbons (Fsp3) is 0.783. The minimum absolute atomic E-state index is 0.0103. The van der Waals surface area contributed by atoms with Gasteiger partial charge >= 0.3 is 19.8 Å².